The minimum atomic E-state index is -0.756. The van der Waals surface area contributed by atoms with Crippen LogP contribution in [0.3, 0.4) is 0 Å². The highest BCUT2D eigenvalue weighted by atomic mass is 35.5. The fourth-order valence-corrected chi connectivity index (χ4v) is 4.06. The first-order valence-electron chi connectivity index (χ1n) is 10.1. The summed E-state index contributed by atoms with van der Waals surface area (Å²) in [7, 11) is 4.20. The molecule has 28 heavy (non-hydrogen) atoms. The second-order valence-corrected chi connectivity index (χ2v) is 9.19. The molecule has 0 aliphatic carbocycles. The summed E-state index contributed by atoms with van der Waals surface area (Å²) in [6.45, 7) is 11.0. The van der Waals surface area contributed by atoms with E-state index in [1.807, 2.05) is 6.07 Å². The predicted octanol–water partition coefficient (Wildman–Crippen LogP) is 6.03. The minimum absolute atomic E-state index is 0. The third-order valence-corrected chi connectivity index (χ3v) is 5.96. The van der Waals surface area contributed by atoms with Gasteiger partial charge in [0.2, 0.25) is 0 Å². The largest absolute Gasteiger partial charge is 0.389 e. The van der Waals surface area contributed by atoms with Gasteiger partial charge in [-0.2, -0.15) is 0 Å². The lowest BCUT2D eigenvalue weighted by atomic mass is 9.75. The van der Waals surface area contributed by atoms with Gasteiger partial charge in [-0.1, -0.05) is 89.2 Å². The highest BCUT2D eigenvalue weighted by Crippen LogP contribution is 2.38. The van der Waals surface area contributed by atoms with Crippen LogP contribution in [0.1, 0.15) is 63.8 Å². The zero-order chi connectivity index (χ0) is 20.2. The zero-order valence-electron chi connectivity index (χ0n) is 18.6. The van der Waals surface area contributed by atoms with Crippen molar-refractivity contribution >= 4 is 12.4 Å². The first-order chi connectivity index (χ1) is 12.6. The molecule has 0 aromatic heterocycles. The monoisotopic (exact) mass is 403 g/mol. The van der Waals surface area contributed by atoms with Gasteiger partial charge in [0.25, 0.3) is 0 Å². The second-order valence-electron chi connectivity index (χ2n) is 9.19. The van der Waals surface area contributed by atoms with Crippen molar-refractivity contribution in [1.82, 2.24) is 4.90 Å². The Morgan fingerprint density at radius 1 is 0.929 bits per heavy atom. The number of halogens is 1. The lowest BCUT2D eigenvalue weighted by molar-refractivity contribution is -0.0454. The molecule has 0 saturated carbocycles. The van der Waals surface area contributed by atoms with Crippen LogP contribution in [0, 0.1) is 5.92 Å². The fraction of sp³-hybridized carbons (Fsp3) is 0.520. The lowest BCUT2D eigenvalue weighted by Gasteiger charge is -2.41. The molecule has 0 radical (unpaired) electrons. The molecule has 156 valence electrons. The SMILES string of the molecule is CCC(O)(Cc1ccc(C(C)(C)C)cc1)C(C)C(c1ccccc1)N(C)C.Cl. The Kier molecular flexibility index (Phi) is 8.74. The van der Waals surface area contributed by atoms with Crippen molar-refractivity contribution in [2.75, 3.05) is 14.1 Å². The molecule has 2 rings (SSSR count). The first kappa shape index (κ1) is 24.7. The van der Waals surface area contributed by atoms with Gasteiger partial charge in [0.1, 0.15) is 0 Å². The van der Waals surface area contributed by atoms with Crippen molar-refractivity contribution in [1.29, 1.82) is 0 Å². The zero-order valence-corrected chi connectivity index (χ0v) is 19.4. The summed E-state index contributed by atoms with van der Waals surface area (Å²) in [6.07, 6.45) is 1.40. The molecule has 3 heteroatoms. The Labute approximate surface area is 178 Å². The van der Waals surface area contributed by atoms with Crippen LogP contribution in [0.5, 0.6) is 0 Å². The summed E-state index contributed by atoms with van der Waals surface area (Å²) in [6, 6.07) is 19.5. The van der Waals surface area contributed by atoms with Crippen LogP contribution in [0.4, 0.5) is 0 Å². The standard InChI is InChI=1S/C25H37NO.ClH/c1-8-25(27,18-20-14-16-22(17-15-20)24(3,4)5)19(2)23(26(6)7)21-12-10-9-11-13-21;/h9-17,19,23,27H,8,18H2,1-7H3;1H. The van der Waals surface area contributed by atoms with Crippen molar-refractivity contribution in [3.8, 4) is 0 Å². The maximum absolute atomic E-state index is 11.6. The maximum Gasteiger partial charge on any atom is 0.0728 e. The number of aliphatic hydroxyl groups is 1. The van der Waals surface area contributed by atoms with Crippen LogP contribution in [0.2, 0.25) is 0 Å². The van der Waals surface area contributed by atoms with Gasteiger partial charge in [0.15, 0.2) is 0 Å². The molecule has 0 aliphatic heterocycles. The number of rotatable bonds is 7. The van der Waals surface area contributed by atoms with E-state index in [-0.39, 0.29) is 29.8 Å². The number of benzene rings is 2. The molecule has 0 spiro atoms. The van der Waals surface area contributed by atoms with E-state index in [1.54, 1.807) is 0 Å². The van der Waals surface area contributed by atoms with Crippen molar-refractivity contribution < 1.29 is 5.11 Å². The van der Waals surface area contributed by atoms with Gasteiger partial charge in [0, 0.05) is 18.4 Å². The van der Waals surface area contributed by atoms with Crippen LogP contribution in [0.25, 0.3) is 0 Å². The van der Waals surface area contributed by atoms with E-state index in [0.29, 0.717) is 6.42 Å². The number of nitrogens with zero attached hydrogens (tertiary/aromatic N) is 1. The van der Waals surface area contributed by atoms with Crippen LogP contribution >= 0.6 is 12.4 Å². The lowest BCUT2D eigenvalue weighted by Crippen LogP contribution is -2.44. The van der Waals surface area contributed by atoms with Gasteiger partial charge < -0.3 is 10.0 Å². The Hall–Kier alpha value is -1.35. The first-order valence-corrected chi connectivity index (χ1v) is 10.1. The van der Waals surface area contributed by atoms with E-state index in [9.17, 15) is 5.11 Å². The van der Waals surface area contributed by atoms with Gasteiger partial charge in [0.05, 0.1) is 5.60 Å². The third kappa shape index (κ3) is 5.83. The van der Waals surface area contributed by atoms with E-state index < -0.39 is 5.60 Å². The van der Waals surface area contributed by atoms with E-state index in [2.05, 4.69) is 102 Å². The quantitative estimate of drug-likeness (QED) is 0.610. The molecule has 0 amide bonds. The average molecular weight is 404 g/mol. The molecule has 2 nitrogen and oxygen atoms in total. The molecule has 0 bridgehead atoms. The Morgan fingerprint density at radius 2 is 1.46 bits per heavy atom. The molecular formula is C25H38ClNO. The van der Waals surface area contributed by atoms with E-state index >= 15 is 0 Å². The third-order valence-electron chi connectivity index (χ3n) is 5.96. The molecule has 3 atom stereocenters. The second kappa shape index (κ2) is 9.91. The van der Waals surface area contributed by atoms with Crippen LogP contribution in [-0.4, -0.2) is 29.7 Å². The van der Waals surface area contributed by atoms with Gasteiger partial charge in [-0.05, 0) is 42.6 Å². The summed E-state index contributed by atoms with van der Waals surface area (Å²) in [5, 5.41) is 11.6. The molecule has 0 saturated heterocycles. The van der Waals surface area contributed by atoms with Crippen molar-refractivity contribution in [2.24, 2.45) is 5.92 Å². The maximum atomic E-state index is 11.6. The van der Waals surface area contributed by atoms with E-state index in [1.165, 1.54) is 16.7 Å². The van der Waals surface area contributed by atoms with E-state index in [0.717, 1.165) is 6.42 Å². The van der Waals surface area contributed by atoms with Gasteiger partial charge >= 0.3 is 0 Å². The highest BCUT2D eigenvalue weighted by molar-refractivity contribution is 5.85. The van der Waals surface area contributed by atoms with Crippen LogP contribution in [0.15, 0.2) is 54.6 Å². The predicted molar refractivity (Wildman–Crippen MR) is 123 cm³/mol. The molecule has 2 aromatic carbocycles. The van der Waals surface area contributed by atoms with Gasteiger partial charge in [-0.3, -0.25) is 0 Å². The Morgan fingerprint density at radius 3 is 1.89 bits per heavy atom. The summed E-state index contributed by atoms with van der Waals surface area (Å²) in [5.74, 6) is 0.0993. The number of hydrogen-bond acceptors (Lipinski definition) is 2. The Balaban J connectivity index is 0.00000392. The van der Waals surface area contributed by atoms with E-state index in [4.69, 9.17) is 0 Å². The molecule has 1 N–H and O–H groups in total. The van der Waals surface area contributed by atoms with Gasteiger partial charge in [-0.15, -0.1) is 12.4 Å². The number of hydrogen-bond donors (Lipinski definition) is 1. The van der Waals surface area contributed by atoms with Crippen molar-refractivity contribution in [3.05, 3.63) is 71.3 Å². The van der Waals surface area contributed by atoms with Crippen molar-refractivity contribution in [3.63, 3.8) is 0 Å². The normalized spacial score (nSPS) is 16.2. The fourth-order valence-electron chi connectivity index (χ4n) is 4.06. The summed E-state index contributed by atoms with van der Waals surface area (Å²) >= 11 is 0. The molecule has 3 unspecified atom stereocenters. The van der Waals surface area contributed by atoms with Crippen molar-refractivity contribution in [2.45, 2.75) is 64.5 Å². The molecule has 0 fully saturated rings. The highest BCUT2D eigenvalue weighted by Gasteiger charge is 2.38. The topological polar surface area (TPSA) is 23.5 Å². The van der Waals surface area contributed by atoms with Crippen LogP contribution < -0.4 is 0 Å². The average Bonchev–Trinajstić information content (AvgIpc) is 2.62. The smallest absolute Gasteiger partial charge is 0.0728 e. The summed E-state index contributed by atoms with van der Waals surface area (Å²) in [4.78, 5) is 2.23. The summed E-state index contributed by atoms with van der Waals surface area (Å²) in [5.41, 5.74) is 3.18. The Bertz CT molecular complexity index is 706. The summed E-state index contributed by atoms with van der Waals surface area (Å²) < 4.78 is 0. The molecule has 0 aliphatic rings. The molecular weight excluding hydrogens is 366 g/mol. The minimum Gasteiger partial charge on any atom is -0.389 e. The van der Waals surface area contributed by atoms with Gasteiger partial charge in [-0.25, -0.2) is 0 Å². The molecule has 0 heterocycles. The molecule has 2 aromatic rings. The van der Waals surface area contributed by atoms with Crippen LogP contribution in [-0.2, 0) is 11.8 Å².